The minimum absolute atomic E-state index is 0.197. The first-order valence-corrected chi connectivity index (χ1v) is 7.29. The Balaban J connectivity index is 1.67. The fourth-order valence-electron chi connectivity index (χ4n) is 2.47. The summed E-state index contributed by atoms with van der Waals surface area (Å²) in [6, 6.07) is 3.34. The van der Waals surface area contributed by atoms with Gasteiger partial charge in [0.25, 0.3) is 5.91 Å². The van der Waals surface area contributed by atoms with Crippen LogP contribution in [0.15, 0.2) is 36.8 Å². The minimum Gasteiger partial charge on any atom is -0.352 e. The Morgan fingerprint density at radius 3 is 2.46 bits per heavy atom. The normalized spacial score (nSPS) is 15.5. The van der Waals surface area contributed by atoms with E-state index in [9.17, 15) is 18.0 Å². The van der Waals surface area contributed by atoms with Crippen molar-refractivity contribution < 1.29 is 18.0 Å². The number of hydrogen-bond donors (Lipinski definition) is 0. The van der Waals surface area contributed by atoms with Gasteiger partial charge in [0.05, 0.1) is 6.20 Å². The van der Waals surface area contributed by atoms with E-state index in [1.54, 1.807) is 18.6 Å². The van der Waals surface area contributed by atoms with Gasteiger partial charge in [0.2, 0.25) is 0 Å². The molecule has 0 spiro atoms. The molecule has 6 nitrogen and oxygen atoms in total. The van der Waals surface area contributed by atoms with Crippen LogP contribution in [0.4, 0.5) is 19.0 Å². The van der Waals surface area contributed by atoms with Crippen molar-refractivity contribution in [1.29, 1.82) is 0 Å². The summed E-state index contributed by atoms with van der Waals surface area (Å²) in [7, 11) is 0. The second-order valence-electron chi connectivity index (χ2n) is 5.25. The number of amides is 1. The summed E-state index contributed by atoms with van der Waals surface area (Å²) in [6.07, 6.45) is 0.217. The topological polar surface area (TPSA) is 62.2 Å². The third-order valence-electron chi connectivity index (χ3n) is 3.70. The highest BCUT2D eigenvalue weighted by atomic mass is 19.4. The molecular weight excluding hydrogens is 323 g/mol. The number of aromatic nitrogens is 3. The van der Waals surface area contributed by atoms with Crippen molar-refractivity contribution in [2.45, 2.75) is 6.18 Å². The fourth-order valence-corrected chi connectivity index (χ4v) is 2.47. The molecule has 1 aliphatic rings. The molecule has 3 heterocycles. The van der Waals surface area contributed by atoms with Crippen molar-refractivity contribution in [3.8, 4) is 0 Å². The molecule has 2 aromatic rings. The van der Waals surface area contributed by atoms with E-state index in [1.165, 1.54) is 17.0 Å². The predicted octanol–water partition coefficient (Wildman–Crippen LogP) is 1.85. The Morgan fingerprint density at radius 2 is 1.83 bits per heavy atom. The lowest BCUT2D eigenvalue weighted by Gasteiger charge is -2.35. The van der Waals surface area contributed by atoms with Gasteiger partial charge in [0, 0.05) is 38.6 Å². The lowest BCUT2D eigenvalue weighted by atomic mass is 10.2. The van der Waals surface area contributed by atoms with E-state index in [0.29, 0.717) is 32.0 Å². The molecule has 1 saturated heterocycles. The van der Waals surface area contributed by atoms with Crippen molar-refractivity contribution in [3.05, 3.63) is 48.2 Å². The highest BCUT2D eigenvalue weighted by Crippen LogP contribution is 2.27. The summed E-state index contributed by atoms with van der Waals surface area (Å²) in [6.45, 7) is 1.83. The van der Waals surface area contributed by atoms with Gasteiger partial charge in [-0.2, -0.15) is 13.2 Å². The van der Waals surface area contributed by atoms with Gasteiger partial charge < -0.3 is 9.80 Å². The van der Waals surface area contributed by atoms with Crippen LogP contribution in [-0.4, -0.2) is 51.9 Å². The summed E-state index contributed by atoms with van der Waals surface area (Å²) in [5.41, 5.74) is -1.26. The van der Waals surface area contributed by atoms with Gasteiger partial charge in [-0.25, -0.2) is 9.97 Å². The van der Waals surface area contributed by atoms with Crippen LogP contribution in [0.5, 0.6) is 0 Å². The number of halogens is 3. The van der Waals surface area contributed by atoms with Crippen LogP contribution in [-0.2, 0) is 6.18 Å². The molecular formula is C15H14F3N5O. The molecule has 0 N–H and O–H groups in total. The summed E-state index contributed by atoms with van der Waals surface area (Å²) >= 11 is 0. The van der Waals surface area contributed by atoms with Gasteiger partial charge in [0.1, 0.15) is 17.2 Å². The first-order chi connectivity index (χ1) is 11.4. The molecule has 0 aromatic carbocycles. The highest BCUT2D eigenvalue weighted by molar-refractivity contribution is 5.92. The van der Waals surface area contributed by atoms with Gasteiger partial charge in [-0.1, -0.05) is 6.07 Å². The monoisotopic (exact) mass is 337 g/mol. The molecule has 0 saturated carbocycles. The van der Waals surface area contributed by atoms with Crippen LogP contribution in [0.2, 0.25) is 0 Å². The van der Waals surface area contributed by atoms with Crippen molar-refractivity contribution in [3.63, 3.8) is 0 Å². The second kappa shape index (κ2) is 6.42. The van der Waals surface area contributed by atoms with Gasteiger partial charge in [-0.3, -0.25) is 9.78 Å². The van der Waals surface area contributed by atoms with E-state index >= 15 is 0 Å². The Hall–Kier alpha value is -2.71. The second-order valence-corrected chi connectivity index (χ2v) is 5.25. The first-order valence-electron chi connectivity index (χ1n) is 7.29. The molecule has 1 amide bonds. The van der Waals surface area contributed by atoms with Crippen molar-refractivity contribution >= 4 is 11.7 Å². The summed E-state index contributed by atoms with van der Waals surface area (Å²) in [5, 5.41) is 0. The molecule has 126 valence electrons. The van der Waals surface area contributed by atoms with E-state index in [4.69, 9.17) is 0 Å². The van der Waals surface area contributed by atoms with Crippen molar-refractivity contribution in [1.82, 2.24) is 19.9 Å². The maximum absolute atomic E-state index is 12.7. The molecule has 0 atom stereocenters. The highest BCUT2D eigenvalue weighted by Gasteiger charge is 2.33. The SMILES string of the molecule is O=C(c1cccc(C(F)(F)F)n1)N1CCN(c2cnccn2)CC1. The van der Waals surface area contributed by atoms with E-state index in [1.807, 2.05) is 4.90 Å². The van der Waals surface area contributed by atoms with Crippen molar-refractivity contribution in [2.75, 3.05) is 31.1 Å². The number of nitrogens with zero attached hydrogens (tertiary/aromatic N) is 5. The molecule has 3 rings (SSSR count). The molecule has 1 fully saturated rings. The number of hydrogen-bond acceptors (Lipinski definition) is 5. The Labute approximate surface area is 136 Å². The fraction of sp³-hybridized carbons (Fsp3) is 0.333. The van der Waals surface area contributed by atoms with Crippen LogP contribution in [0.1, 0.15) is 16.2 Å². The summed E-state index contributed by atoms with van der Waals surface area (Å²) < 4.78 is 38.1. The average Bonchev–Trinajstić information content (AvgIpc) is 2.61. The molecule has 0 unspecified atom stereocenters. The molecule has 2 aromatic heterocycles. The molecule has 1 aliphatic heterocycles. The Bertz CT molecular complexity index is 715. The molecule has 9 heteroatoms. The molecule has 0 radical (unpaired) electrons. The molecule has 0 aliphatic carbocycles. The number of alkyl halides is 3. The maximum Gasteiger partial charge on any atom is 0.433 e. The van der Waals surface area contributed by atoms with Crippen LogP contribution in [0.3, 0.4) is 0 Å². The lowest BCUT2D eigenvalue weighted by Crippen LogP contribution is -2.49. The predicted molar refractivity (Wildman–Crippen MR) is 79.4 cm³/mol. The Morgan fingerprint density at radius 1 is 1.08 bits per heavy atom. The smallest absolute Gasteiger partial charge is 0.352 e. The van der Waals surface area contributed by atoms with E-state index in [-0.39, 0.29) is 5.69 Å². The molecule has 0 bridgehead atoms. The summed E-state index contributed by atoms with van der Waals surface area (Å²) in [4.78, 5) is 27.5. The third-order valence-corrected chi connectivity index (χ3v) is 3.70. The standard InChI is InChI=1S/C15H14F3N5O/c16-15(17,18)12-3-1-2-11(21-12)14(24)23-8-6-22(7-9-23)13-10-19-4-5-20-13/h1-5,10H,6-9H2. The van der Waals surface area contributed by atoms with Gasteiger partial charge in [-0.05, 0) is 12.1 Å². The van der Waals surface area contributed by atoms with Gasteiger partial charge >= 0.3 is 6.18 Å². The largest absolute Gasteiger partial charge is 0.433 e. The van der Waals surface area contributed by atoms with Crippen LogP contribution in [0.25, 0.3) is 0 Å². The van der Waals surface area contributed by atoms with E-state index < -0.39 is 17.8 Å². The quantitative estimate of drug-likeness (QED) is 0.837. The first kappa shape index (κ1) is 16.2. The van der Waals surface area contributed by atoms with Crippen LogP contribution >= 0.6 is 0 Å². The Kier molecular flexibility index (Phi) is 4.32. The maximum atomic E-state index is 12.7. The summed E-state index contributed by atoms with van der Waals surface area (Å²) in [5.74, 6) is 0.210. The zero-order valence-corrected chi connectivity index (χ0v) is 12.6. The number of rotatable bonds is 2. The zero-order valence-electron chi connectivity index (χ0n) is 12.6. The van der Waals surface area contributed by atoms with Crippen LogP contribution < -0.4 is 4.90 Å². The lowest BCUT2D eigenvalue weighted by molar-refractivity contribution is -0.141. The third kappa shape index (κ3) is 3.44. The van der Waals surface area contributed by atoms with Gasteiger partial charge in [-0.15, -0.1) is 0 Å². The number of piperazine rings is 1. The minimum atomic E-state index is -4.57. The van der Waals surface area contributed by atoms with Crippen LogP contribution in [0, 0.1) is 0 Å². The number of carbonyl (C=O) groups excluding carboxylic acids is 1. The van der Waals surface area contributed by atoms with Gasteiger partial charge in [0.15, 0.2) is 0 Å². The van der Waals surface area contributed by atoms with Crippen molar-refractivity contribution in [2.24, 2.45) is 0 Å². The van der Waals surface area contributed by atoms with E-state index in [0.717, 1.165) is 6.07 Å². The average molecular weight is 337 g/mol. The number of anilines is 1. The zero-order chi connectivity index (χ0) is 17.2. The molecule has 24 heavy (non-hydrogen) atoms. The van der Waals surface area contributed by atoms with E-state index in [2.05, 4.69) is 15.0 Å². The number of carbonyl (C=O) groups is 1. The number of pyridine rings is 1.